The van der Waals surface area contributed by atoms with Crippen molar-refractivity contribution in [3.63, 3.8) is 0 Å². The van der Waals surface area contributed by atoms with E-state index in [1.807, 2.05) is 36.4 Å². The van der Waals surface area contributed by atoms with Crippen molar-refractivity contribution in [3.05, 3.63) is 102 Å². The van der Waals surface area contributed by atoms with Gasteiger partial charge in [0.1, 0.15) is 11.5 Å². The highest BCUT2D eigenvalue weighted by atomic mass is 32.2. The number of rotatable bonds is 19. The maximum absolute atomic E-state index is 13.5. The van der Waals surface area contributed by atoms with Crippen LogP contribution in [0.5, 0.6) is 11.5 Å². The van der Waals surface area contributed by atoms with E-state index in [2.05, 4.69) is 18.2 Å². The molecule has 0 unspecified atom stereocenters. The minimum absolute atomic E-state index is 0.108. The molecule has 0 amide bonds. The predicted molar refractivity (Wildman–Crippen MR) is 176 cm³/mol. The molecule has 1 aromatic heterocycles. The van der Waals surface area contributed by atoms with Crippen molar-refractivity contribution >= 4 is 27.0 Å². The van der Waals surface area contributed by atoms with E-state index in [4.69, 9.17) is 14.2 Å². The summed E-state index contributed by atoms with van der Waals surface area (Å²) in [5.41, 5.74) is 3.45. The maximum atomic E-state index is 13.5. The Kier molecular flexibility index (Phi) is 12.7. The first kappa shape index (κ1) is 32.4. The lowest BCUT2D eigenvalue weighted by Gasteiger charge is -2.09. The van der Waals surface area contributed by atoms with Gasteiger partial charge in [0.15, 0.2) is 0 Å². The Morgan fingerprint density at radius 3 is 2.07 bits per heavy atom. The van der Waals surface area contributed by atoms with Gasteiger partial charge in [-0.25, -0.2) is 12.4 Å². The first-order valence-electron chi connectivity index (χ1n) is 15.3. The SMILES string of the molecule is COc1ccc(CS(=O)(=O)n2cc(C=CCCCCCCCCCCOCc3ccccc3)c3ccc(OC)cc32)cc1. The van der Waals surface area contributed by atoms with Gasteiger partial charge in [0.2, 0.25) is 10.0 Å². The minimum Gasteiger partial charge on any atom is -0.497 e. The Hall–Kier alpha value is -3.55. The Morgan fingerprint density at radius 2 is 1.37 bits per heavy atom. The summed E-state index contributed by atoms with van der Waals surface area (Å²) in [6, 6.07) is 23.1. The first-order valence-corrected chi connectivity index (χ1v) is 16.9. The normalized spacial score (nSPS) is 11.9. The van der Waals surface area contributed by atoms with Crippen molar-refractivity contribution in [2.45, 2.75) is 70.1 Å². The number of unbranched alkanes of at least 4 members (excludes halogenated alkanes) is 8. The molecule has 3 aromatic carbocycles. The highest BCUT2D eigenvalue weighted by Crippen LogP contribution is 2.29. The van der Waals surface area contributed by atoms with Crippen LogP contribution in [0.15, 0.2) is 85.1 Å². The van der Waals surface area contributed by atoms with Crippen LogP contribution < -0.4 is 9.47 Å². The molecule has 0 saturated carbocycles. The number of benzene rings is 3. The second-order valence-electron chi connectivity index (χ2n) is 10.9. The average molecular weight is 604 g/mol. The summed E-state index contributed by atoms with van der Waals surface area (Å²) in [6.45, 7) is 1.54. The molecule has 6 nitrogen and oxygen atoms in total. The smallest absolute Gasteiger partial charge is 0.243 e. The fraction of sp³-hybridized carbons (Fsp3) is 0.389. The number of allylic oxidation sites excluding steroid dienone is 1. The molecule has 230 valence electrons. The van der Waals surface area contributed by atoms with E-state index in [0.717, 1.165) is 36.8 Å². The van der Waals surface area contributed by atoms with Crippen molar-refractivity contribution in [1.29, 1.82) is 0 Å². The monoisotopic (exact) mass is 603 g/mol. The summed E-state index contributed by atoms with van der Waals surface area (Å²) in [7, 11) is -0.474. The van der Waals surface area contributed by atoms with E-state index in [1.165, 1.54) is 48.1 Å². The van der Waals surface area contributed by atoms with Crippen LogP contribution in [-0.2, 0) is 27.1 Å². The quantitative estimate of drug-likeness (QED) is 0.100. The molecule has 43 heavy (non-hydrogen) atoms. The Balaban J connectivity index is 1.20. The number of fused-ring (bicyclic) bond motifs is 1. The fourth-order valence-corrected chi connectivity index (χ4v) is 6.67. The van der Waals surface area contributed by atoms with Crippen LogP contribution in [-0.4, -0.2) is 33.2 Å². The number of ether oxygens (including phenoxy) is 3. The molecule has 0 radical (unpaired) electrons. The summed E-state index contributed by atoms with van der Waals surface area (Å²) in [6.07, 6.45) is 16.7. The Morgan fingerprint density at radius 1 is 0.721 bits per heavy atom. The van der Waals surface area contributed by atoms with Gasteiger partial charge in [0.05, 0.1) is 32.1 Å². The van der Waals surface area contributed by atoms with Crippen LogP contribution in [0.2, 0.25) is 0 Å². The summed E-state index contributed by atoms with van der Waals surface area (Å²) < 4.78 is 44.7. The van der Waals surface area contributed by atoms with E-state index < -0.39 is 10.0 Å². The Bertz CT molecular complexity index is 1530. The summed E-state index contributed by atoms with van der Waals surface area (Å²) in [4.78, 5) is 0. The molecule has 4 aromatic rings. The van der Waals surface area contributed by atoms with Crippen molar-refractivity contribution in [2.24, 2.45) is 0 Å². The molecule has 4 rings (SSSR count). The molecule has 0 bridgehead atoms. The third-order valence-corrected chi connectivity index (χ3v) is 9.24. The molecule has 0 atom stereocenters. The van der Waals surface area contributed by atoms with Crippen LogP contribution in [0.1, 0.15) is 74.5 Å². The largest absolute Gasteiger partial charge is 0.497 e. The zero-order chi connectivity index (χ0) is 30.3. The van der Waals surface area contributed by atoms with Crippen molar-refractivity contribution in [2.75, 3.05) is 20.8 Å². The molecule has 0 spiro atoms. The number of hydrogen-bond acceptors (Lipinski definition) is 5. The van der Waals surface area contributed by atoms with E-state index in [0.29, 0.717) is 29.2 Å². The van der Waals surface area contributed by atoms with Crippen molar-refractivity contribution in [1.82, 2.24) is 3.97 Å². The fourth-order valence-electron chi connectivity index (χ4n) is 5.20. The molecule has 0 N–H and O–H groups in total. The van der Waals surface area contributed by atoms with Gasteiger partial charge in [-0.15, -0.1) is 0 Å². The molecule has 7 heteroatoms. The van der Waals surface area contributed by atoms with Crippen molar-refractivity contribution in [3.8, 4) is 11.5 Å². The summed E-state index contributed by atoms with van der Waals surface area (Å²) in [5.74, 6) is 1.21. The molecule has 0 fully saturated rings. The highest BCUT2D eigenvalue weighted by Gasteiger charge is 2.20. The van der Waals surface area contributed by atoms with E-state index in [-0.39, 0.29) is 5.75 Å². The average Bonchev–Trinajstić information content (AvgIpc) is 3.40. The summed E-state index contributed by atoms with van der Waals surface area (Å²) >= 11 is 0. The second-order valence-corrected chi connectivity index (χ2v) is 12.8. The molecule has 1 heterocycles. The third kappa shape index (κ3) is 10.0. The zero-order valence-corrected chi connectivity index (χ0v) is 26.4. The van der Waals surface area contributed by atoms with E-state index >= 15 is 0 Å². The minimum atomic E-state index is -3.65. The second kappa shape index (κ2) is 16.9. The van der Waals surface area contributed by atoms with Gasteiger partial charge >= 0.3 is 0 Å². The number of aromatic nitrogens is 1. The van der Waals surface area contributed by atoms with Gasteiger partial charge in [-0.2, -0.15) is 0 Å². The van der Waals surface area contributed by atoms with Gasteiger partial charge in [-0.3, -0.25) is 0 Å². The lowest BCUT2D eigenvalue weighted by molar-refractivity contribution is 0.116. The molecule has 0 aliphatic carbocycles. The molecule has 0 aliphatic heterocycles. The zero-order valence-electron chi connectivity index (χ0n) is 25.5. The van der Waals surface area contributed by atoms with Crippen LogP contribution in [0.3, 0.4) is 0 Å². The lowest BCUT2D eigenvalue weighted by atomic mass is 10.1. The predicted octanol–water partition coefficient (Wildman–Crippen LogP) is 8.78. The van der Waals surface area contributed by atoms with Gasteiger partial charge in [-0.05, 0) is 54.7 Å². The Labute approximate surface area is 257 Å². The first-order chi connectivity index (χ1) is 21.0. The molecule has 0 aliphatic rings. The molecular weight excluding hydrogens is 558 g/mol. The topological polar surface area (TPSA) is 66.8 Å². The van der Waals surface area contributed by atoms with E-state index in [9.17, 15) is 8.42 Å². The van der Waals surface area contributed by atoms with Gasteiger partial charge in [0, 0.05) is 29.8 Å². The number of hydrogen-bond donors (Lipinski definition) is 0. The van der Waals surface area contributed by atoms with E-state index in [1.54, 1.807) is 50.7 Å². The number of methoxy groups -OCH3 is 2. The van der Waals surface area contributed by atoms with Crippen molar-refractivity contribution < 1.29 is 22.6 Å². The third-order valence-electron chi connectivity index (χ3n) is 7.64. The molecular formula is C36H45NO5S. The summed E-state index contributed by atoms with van der Waals surface area (Å²) in [5, 5.41) is 0.890. The lowest BCUT2D eigenvalue weighted by Crippen LogP contribution is -2.14. The molecule has 0 saturated heterocycles. The van der Waals surface area contributed by atoms with Crippen LogP contribution >= 0.6 is 0 Å². The van der Waals surface area contributed by atoms with Gasteiger partial charge in [-0.1, -0.05) is 93.1 Å². The van der Waals surface area contributed by atoms with Crippen LogP contribution in [0.25, 0.3) is 17.0 Å². The maximum Gasteiger partial charge on any atom is 0.243 e. The van der Waals surface area contributed by atoms with Gasteiger partial charge < -0.3 is 14.2 Å². The van der Waals surface area contributed by atoms with Crippen LogP contribution in [0, 0.1) is 0 Å². The standard InChI is InChI=1S/C36H45NO5S/c1-40-33-21-19-31(20-22-33)29-43(38,39)37-27-32(35-24-23-34(41-2)26-36(35)37)18-14-9-7-5-3-4-6-8-10-15-25-42-28-30-16-12-11-13-17-30/h11-14,16-24,26-27H,3-10,15,25,28-29H2,1-2H3. The van der Waals surface area contributed by atoms with Crippen LogP contribution in [0.4, 0.5) is 0 Å². The van der Waals surface area contributed by atoms with Gasteiger partial charge in [0.25, 0.3) is 0 Å². The highest BCUT2D eigenvalue weighted by molar-refractivity contribution is 7.89. The number of nitrogens with zero attached hydrogens (tertiary/aromatic N) is 1.